The topological polar surface area (TPSA) is 77.0 Å². The minimum atomic E-state index is 0.547. The second kappa shape index (κ2) is 5.33. The molecule has 22 heavy (non-hydrogen) atoms. The number of hydrogen-bond acceptors (Lipinski definition) is 6. The molecule has 6 nitrogen and oxygen atoms in total. The van der Waals surface area contributed by atoms with Gasteiger partial charge in [-0.05, 0) is 24.3 Å². The second-order valence-electron chi connectivity index (χ2n) is 4.76. The van der Waals surface area contributed by atoms with Crippen molar-refractivity contribution in [3.63, 3.8) is 0 Å². The molecule has 0 bridgehead atoms. The van der Waals surface area contributed by atoms with E-state index in [2.05, 4.69) is 20.4 Å². The number of anilines is 1. The lowest BCUT2D eigenvalue weighted by atomic mass is 10.2. The lowest BCUT2D eigenvalue weighted by Crippen LogP contribution is -2.00. The van der Waals surface area contributed by atoms with Crippen molar-refractivity contribution >= 4 is 16.6 Å². The number of pyridine rings is 2. The molecule has 0 saturated heterocycles. The van der Waals surface area contributed by atoms with Gasteiger partial charge in [0.05, 0.1) is 24.5 Å². The molecule has 108 valence electrons. The molecule has 0 aliphatic carbocycles. The SMILES string of the molecule is c1coc(-c2cc(CNc3ccnc4cnccc34)no2)c1. The van der Waals surface area contributed by atoms with Gasteiger partial charge in [0.25, 0.3) is 0 Å². The lowest BCUT2D eigenvalue weighted by molar-refractivity contribution is 0.411. The average molecular weight is 292 g/mol. The largest absolute Gasteiger partial charge is 0.461 e. The molecular formula is C16H12N4O2. The zero-order valence-electron chi connectivity index (χ0n) is 11.6. The van der Waals surface area contributed by atoms with Crippen molar-refractivity contribution in [1.82, 2.24) is 15.1 Å². The summed E-state index contributed by atoms with van der Waals surface area (Å²) >= 11 is 0. The molecule has 0 saturated carbocycles. The second-order valence-corrected chi connectivity index (χ2v) is 4.76. The van der Waals surface area contributed by atoms with Crippen LogP contribution in [0, 0.1) is 0 Å². The fourth-order valence-electron chi connectivity index (χ4n) is 2.27. The monoisotopic (exact) mass is 292 g/mol. The van der Waals surface area contributed by atoms with E-state index < -0.39 is 0 Å². The first-order valence-corrected chi connectivity index (χ1v) is 6.82. The van der Waals surface area contributed by atoms with Crippen LogP contribution in [0.1, 0.15) is 5.69 Å². The standard InChI is InChI=1S/C16H12N4O2/c1-2-15(21-7-1)16-8-11(20-22-16)9-19-13-4-6-18-14-10-17-5-3-12(13)14/h1-8,10H,9H2,(H,18,19). The summed E-state index contributed by atoms with van der Waals surface area (Å²) in [4.78, 5) is 8.36. The highest BCUT2D eigenvalue weighted by molar-refractivity contribution is 5.90. The van der Waals surface area contributed by atoms with E-state index in [4.69, 9.17) is 8.94 Å². The maximum Gasteiger partial charge on any atom is 0.202 e. The molecule has 1 N–H and O–H groups in total. The fourth-order valence-corrected chi connectivity index (χ4v) is 2.27. The van der Waals surface area contributed by atoms with Crippen molar-refractivity contribution in [2.45, 2.75) is 6.54 Å². The molecule has 0 fully saturated rings. The van der Waals surface area contributed by atoms with Gasteiger partial charge in [-0.3, -0.25) is 9.97 Å². The molecule has 4 aromatic rings. The number of nitrogens with zero attached hydrogens (tertiary/aromatic N) is 3. The predicted molar refractivity (Wildman–Crippen MR) is 81.1 cm³/mol. The van der Waals surface area contributed by atoms with Crippen LogP contribution in [-0.4, -0.2) is 15.1 Å². The molecule has 6 heteroatoms. The van der Waals surface area contributed by atoms with Gasteiger partial charge >= 0.3 is 0 Å². The Morgan fingerprint density at radius 2 is 2.09 bits per heavy atom. The van der Waals surface area contributed by atoms with Crippen LogP contribution >= 0.6 is 0 Å². The summed E-state index contributed by atoms with van der Waals surface area (Å²) in [5, 5.41) is 8.40. The van der Waals surface area contributed by atoms with E-state index in [-0.39, 0.29) is 0 Å². The van der Waals surface area contributed by atoms with E-state index >= 15 is 0 Å². The van der Waals surface area contributed by atoms with Gasteiger partial charge in [0.1, 0.15) is 5.69 Å². The quantitative estimate of drug-likeness (QED) is 0.620. The zero-order valence-corrected chi connectivity index (χ0v) is 11.6. The summed E-state index contributed by atoms with van der Waals surface area (Å²) in [5.41, 5.74) is 2.63. The van der Waals surface area contributed by atoms with Gasteiger partial charge in [-0.2, -0.15) is 0 Å². The summed E-state index contributed by atoms with van der Waals surface area (Å²) in [6, 6.07) is 9.36. The molecule has 0 aliphatic heterocycles. The summed E-state index contributed by atoms with van der Waals surface area (Å²) in [7, 11) is 0. The Morgan fingerprint density at radius 3 is 3.00 bits per heavy atom. The summed E-state index contributed by atoms with van der Waals surface area (Å²) in [6.07, 6.45) is 6.85. The number of rotatable bonds is 4. The minimum absolute atomic E-state index is 0.547. The van der Waals surface area contributed by atoms with Gasteiger partial charge in [-0.25, -0.2) is 0 Å². The van der Waals surface area contributed by atoms with Gasteiger partial charge < -0.3 is 14.3 Å². The highest BCUT2D eigenvalue weighted by Gasteiger charge is 2.09. The summed E-state index contributed by atoms with van der Waals surface area (Å²) < 4.78 is 10.6. The first-order chi connectivity index (χ1) is 10.9. The van der Waals surface area contributed by atoms with Crippen LogP contribution in [0.3, 0.4) is 0 Å². The predicted octanol–water partition coefficient (Wildman–Crippen LogP) is 3.49. The van der Waals surface area contributed by atoms with Gasteiger partial charge in [0.15, 0.2) is 5.76 Å². The molecule has 4 heterocycles. The maximum atomic E-state index is 5.28. The molecule has 4 rings (SSSR count). The van der Waals surface area contributed by atoms with Crippen molar-refractivity contribution in [2.75, 3.05) is 5.32 Å². The van der Waals surface area contributed by atoms with Gasteiger partial charge in [0, 0.05) is 29.5 Å². The number of fused-ring (bicyclic) bond motifs is 1. The number of furan rings is 1. The van der Waals surface area contributed by atoms with Gasteiger partial charge in [-0.1, -0.05) is 5.16 Å². The molecule has 0 aliphatic rings. The van der Waals surface area contributed by atoms with Crippen molar-refractivity contribution in [3.05, 3.63) is 60.9 Å². The van der Waals surface area contributed by atoms with E-state index in [1.807, 2.05) is 30.3 Å². The Bertz CT molecular complexity index is 894. The summed E-state index contributed by atoms with van der Waals surface area (Å²) in [5.74, 6) is 1.28. The smallest absolute Gasteiger partial charge is 0.202 e. The van der Waals surface area contributed by atoms with Crippen LogP contribution in [0.2, 0.25) is 0 Å². The Hall–Kier alpha value is -3.15. The van der Waals surface area contributed by atoms with E-state index in [0.717, 1.165) is 22.3 Å². The third kappa shape index (κ3) is 2.31. The van der Waals surface area contributed by atoms with Crippen LogP contribution < -0.4 is 5.32 Å². The number of nitrogens with one attached hydrogen (secondary N) is 1. The Labute approximate surface area is 125 Å². The molecule has 0 aromatic carbocycles. The molecule has 0 unspecified atom stereocenters. The van der Waals surface area contributed by atoms with Crippen LogP contribution in [0.15, 0.2) is 64.1 Å². The van der Waals surface area contributed by atoms with E-state index in [0.29, 0.717) is 18.1 Å². The van der Waals surface area contributed by atoms with Crippen LogP contribution in [0.25, 0.3) is 22.4 Å². The third-order valence-corrected chi connectivity index (χ3v) is 3.33. The normalized spacial score (nSPS) is 10.9. The van der Waals surface area contributed by atoms with Crippen molar-refractivity contribution < 1.29 is 8.94 Å². The maximum absolute atomic E-state index is 5.28. The van der Waals surface area contributed by atoms with Crippen LogP contribution in [0.5, 0.6) is 0 Å². The van der Waals surface area contributed by atoms with E-state index in [9.17, 15) is 0 Å². The molecule has 4 aromatic heterocycles. The number of aromatic nitrogens is 3. The highest BCUT2D eigenvalue weighted by Crippen LogP contribution is 2.23. The van der Waals surface area contributed by atoms with Gasteiger partial charge in [-0.15, -0.1) is 0 Å². The molecular weight excluding hydrogens is 280 g/mol. The van der Waals surface area contributed by atoms with Crippen molar-refractivity contribution in [1.29, 1.82) is 0 Å². The first kappa shape index (κ1) is 12.6. The Kier molecular flexibility index (Phi) is 3.05. The molecule has 0 radical (unpaired) electrons. The van der Waals surface area contributed by atoms with Gasteiger partial charge in [0.2, 0.25) is 5.76 Å². The lowest BCUT2D eigenvalue weighted by Gasteiger charge is -2.07. The highest BCUT2D eigenvalue weighted by atomic mass is 16.5. The molecule has 0 spiro atoms. The van der Waals surface area contributed by atoms with Crippen molar-refractivity contribution in [2.24, 2.45) is 0 Å². The average Bonchev–Trinajstić information content (AvgIpc) is 3.24. The first-order valence-electron chi connectivity index (χ1n) is 6.82. The zero-order chi connectivity index (χ0) is 14.8. The summed E-state index contributed by atoms with van der Waals surface area (Å²) in [6.45, 7) is 0.547. The van der Waals surface area contributed by atoms with E-state index in [1.165, 1.54) is 0 Å². The number of hydrogen-bond donors (Lipinski definition) is 1. The van der Waals surface area contributed by atoms with E-state index in [1.54, 1.807) is 24.9 Å². The third-order valence-electron chi connectivity index (χ3n) is 3.33. The molecule has 0 amide bonds. The Balaban J connectivity index is 1.55. The van der Waals surface area contributed by atoms with Crippen LogP contribution in [-0.2, 0) is 6.54 Å². The minimum Gasteiger partial charge on any atom is -0.461 e. The molecule has 0 atom stereocenters. The Morgan fingerprint density at radius 1 is 1.09 bits per heavy atom. The van der Waals surface area contributed by atoms with Crippen LogP contribution in [0.4, 0.5) is 5.69 Å². The van der Waals surface area contributed by atoms with Crippen molar-refractivity contribution in [3.8, 4) is 11.5 Å². The fraction of sp³-hybridized carbons (Fsp3) is 0.0625.